The third-order valence-corrected chi connectivity index (χ3v) is 7.21. The van der Waals surface area contributed by atoms with E-state index in [-0.39, 0.29) is 22.7 Å². The molecule has 0 saturated heterocycles. The van der Waals surface area contributed by atoms with Crippen LogP contribution in [0.3, 0.4) is 0 Å². The molecule has 0 radical (unpaired) electrons. The quantitative estimate of drug-likeness (QED) is 0.118. The summed E-state index contributed by atoms with van der Waals surface area (Å²) in [7, 11) is 0. The predicted molar refractivity (Wildman–Crippen MR) is 161 cm³/mol. The van der Waals surface area contributed by atoms with Crippen molar-refractivity contribution in [1.29, 1.82) is 0 Å². The Labute approximate surface area is 244 Å². The summed E-state index contributed by atoms with van der Waals surface area (Å²) in [5.74, 6) is 1.06. The fourth-order valence-corrected chi connectivity index (χ4v) is 4.90. The van der Waals surface area contributed by atoms with E-state index in [2.05, 4.69) is 32.9 Å². The van der Waals surface area contributed by atoms with E-state index in [1.807, 2.05) is 48.5 Å². The van der Waals surface area contributed by atoms with Crippen molar-refractivity contribution in [1.82, 2.24) is 0 Å². The van der Waals surface area contributed by atoms with Crippen LogP contribution in [0.15, 0.2) is 101 Å². The highest BCUT2D eigenvalue weighted by atomic mass is 16.5. The number of hydrogen-bond acceptors (Lipinski definition) is 6. The van der Waals surface area contributed by atoms with Gasteiger partial charge in [-0.15, -0.1) is 0 Å². The highest BCUT2D eigenvalue weighted by molar-refractivity contribution is 6.14. The van der Waals surface area contributed by atoms with E-state index in [0.717, 1.165) is 11.1 Å². The molecular weight excluding hydrogens is 528 g/mol. The van der Waals surface area contributed by atoms with Gasteiger partial charge in [0.15, 0.2) is 5.76 Å². The Kier molecular flexibility index (Phi) is 6.91. The molecule has 6 nitrogen and oxygen atoms in total. The van der Waals surface area contributed by atoms with Gasteiger partial charge in [0.05, 0.1) is 5.56 Å². The van der Waals surface area contributed by atoms with Gasteiger partial charge in [0.2, 0.25) is 5.78 Å². The van der Waals surface area contributed by atoms with Crippen molar-refractivity contribution in [3.8, 4) is 17.2 Å². The maximum atomic E-state index is 13.3. The van der Waals surface area contributed by atoms with Gasteiger partial charge in [0.1, 0.15) is 40.8 Å². The molecule has 1 aliphatic heterocycles. The fraction of sp³-hybridized carbons (Fsp3) is 0.167. The molecule has 0 aliphatic carbocycles. The van der Waals surface area contributed by atoms with Crippen molar-refractivity contribution in [3.05, 3.63) is 130 Å². The lowest BCUT2D eigenvalue weighted by molar-refractivity contribution is 0.0734. The maximum Gasteiger partial charge on any atom is 0.347 e. The van der Waals surface area contributed by atoms with E-state index < -0.39 is 5.97 Å². The number of ketones is 1. The number of benzene rings is 4. The largest absolute Gasteiger partial charge is 0.489 e. The Balaban J connectivity index is 1.19. The van der Waals surface area contributed by atoms with Crippen molar-refractivity contribution >= 4 is 28.8 Å². The van der Waals surface area contributed by atoms with Crippen molar-refractivity contribution in [2.45, 2.75) is 39.7 Å². The molecule has 0 amide bonds. The van der Waals surface area contributed by atoms with E-state index in [0.29, 0.717) is 46.0 Å². The zero-order valence-electron chi connectivity index (χ0n) is 23.9. The minimum Gasteiger partial charge on any atom is -0.489 e. The first-order valence-electron chi connectivity index (χ1n) is 13.8. The summed E-state index contributed by atoms with van der Waals surface area (Å²) >= 11 is 0. The summed E-state index contributed by atoms with van der Waals surface area (Å²) in [4.78, 5) is 26.3. The minimum absolute atomic E-state index is 0.0368. The molecule has 0 N–H and O–H groups in total. The van der Waals surface area contributed by atoms with Gasteiger partial charge < -0.3 is 18.6 Å². The fourth-order valence-electron chi connectivity index (χ4n) is 4.90. The van der Waals surface area contributed by atoms with Gasteiger partial charge in [-0.05, 0) is 65.4 Å². The Morgan fingerprint density at radius 3 is 2.36 bits per heavy atom. The second-order valence-corrected chi connectivity index (χ2v) is 11.3. The summed E-state index contributed by atoms with van der Waals surface area (Å²) in [5, 5.41) is 0.596. The molecule has 0 spiro atoms. The highest BCUT2D eigenvalue weighted by Gasteiger charge is 2.29. The van der Waals surface area contributed by atoms with Gasteiger partial charge in [0, 0.05) is 11.5 Å². The lowest BCUT2D eigenvalue weighted by Gasteiger charge is -2.18. The number of hydrogen-bond donors (Lipinski definition) is 0. The lowest BCUT2D eigenvalue weighted by Crippen LogP contribution is -2.10. The van der Waals surface area contributed by atoms with Crippen LogP contribution in [0.1, 0.15) is 63.9 Å². The number of aryl methyl sites for hydroxylation is 1. The van der Waals surface area contributed by atoms with Crippen LogP contribution in [0.25, 0.3) is 17.0 Å². The number of carbonyl (C=O) groups is 2. The monoisotopic (exact) mass is 558 g/mol. The standard InChI is InChI=1S/C36H30O6/c1-22-33(29-19-26(15-17-30(29)40-22)39-21-24-8-6-5-7-9-24)35(38)41-27-14-16-28-31(20-27)42-32(34(28)37)18-23-10-12-25(13-11-23)36(2,3)4/h5-20H,21H2,1-4H3. The number of Topliss-reactive ketones (excluding diaryl/α,β-unsaturated/α-hetero) is 1. The van der Waals surface area contributed by atoms with E-state index in [9.17, 15) is 9.59 Å². The van der Waals surface area contributed by atoms with Gasteiger partial charge in [-0.3, -0.25) is 4.79 Å². The Hall–Kier alpha value is -5.10. The highest BCUT2D eigenvalue weighted by Crippen LogP contribution is 2.36. The van der Waals surface area contributed by atoms with Gasteiger partial charge in [0.25, 0.3) is 0 Å². The SMILES string of the molecule is Cc1oc2ccc(OCc3ccccc3)cc2c1C(=O)Oc1ccc2c(c1)OC(=Cc1ccc(C(C)(C)C)cc1)C2=O. The molecule has 0 saturated carbocycles. The van der Waals surface area contributed by atoms with Crippen LogP contribution in [-0.2, 0) is 12.0 Å². The van der Waals surface area contributed by atoms with Crippen LogP contribution in [0.2, 0.25) is 0 Å². The first-order valence-corrected chi connectivity index (χ1v) is 13.8. The van der Waals surface area contributed by atoms with Crippen LogP contribution in [-0.4, -0.2) is 11.8 Å². The molecule has 6 rings (SSSR count). The molecule has 0 fully saturated rings. The number of fused-ring (bicyclic) bond motifs is 2. The maximum absolute atomic E-state index is 13.3. The predicted octanol–water partition coefficient (Wildman–Crippen LogP) is 8.45. The second-order valence-electron chi connectivity index (χ2n) is 11.3. The van der Waals surface area contributed by atoms with Crippen LogP contribution in [0.4, 0.5) is 0 Å². The summed E-state index contributed by atoms with van der Waals surface area (Å²) in [6.07, 6.45) is 1.72. The number of rotatable bonds is 6. The molecule has 1 aromatic heterocycles. The molecule has 0 atom stereocenters. The third kappa shape index (κ3) is 5.44. The molecular formula is C36H30O6. The number of esters is 1. The first-order chi connectivity index (χ1) is 20.2. The van der Waals surface area contributed by atoms with E-state index in [4.69, 9.17) is 18.6 Å². The third-order valence-electron chi connectivity index (χ3n) is 7.21. The van der Waals surface area contributed by atoms with Crippen molar-refractivity contribution in [2.75, 3.05) is 0 Å². The smallest absolute Gasteiger partial charge is 0.347 e. The normalized spacial score (nSPS) is 13.7. The molecule has 210 valence electrons. The number of furan rings is 1. The van der Waals surface area contributed by atoms with Gasteiger partial charge in [-0.2, -0.15) is 0 Å². The van der Waals surface area contributed by atoms with Crippen LogP contribution >= 0.6 is 0 Å². The average molecular weight is 559 g/mol. The summed E-state index contributed by atoms with van der Waals surface area (Å²) in [6.45, 7) is 8.58. The van der Waals surface area contributed by atoms with Crippen LogP contribution in [0, 0.1) is 6.92 Å². The molecule has 42 heavy (non-hydrogen) atoms. The number of ether oxygens (including phenoxy) is 3. The summed E-state index contributed by atoms with van der Waals surface area (Å²) in [6, 6.07) is 28.0. The lowest BCUT2D eigenvalue weighted by atomic mass is 9.86. The Morgan fingerprint density at radius 2 is 1.62 bits per heavy atom. The first kappa shape index (κ1) is 27.1. The van der Waals surface area contributed by atoms with Gasteiger partial charge >= 0.3 is 5.97 Å². The van der Waals surface area contributed by atoms with Crippen LogP contribution in [0.5, 0.6) is 17.2 Å². The summed E-state index contributed by atoms with van der Waals surface area (Å²) in [5.41, 5.74) is 4.42. The van der Waals surface area contributed by atoms with Crippen molar-refractivity contribution in [2.24, 2.45) is 0 Å². The summed E-state index contributed by atoms with van der Waals surface area (Å²) < 4.78 is 23.4. The van der Waals surface area contributed by atoms with Crippen molar-refractivity contribution < 1.29 is 28.2 Å². The van der Waals surface area contributed by atoms with E-state index in [1.165, 1.54) is 5.56 Å². The van der Waals surface area contributed by atoms with E-state index >= 15 is 0 Å². The molecule has 0 bridgehead atoms. The van der Waals surface area contributed by atoms with E-state index in [1.54, 1.807) is 43.3 Å². The number of carbonyl (C=O) groups excluding carboxylic acids is 2. The zero-order chi connectivity index (χ0) is 29.4. The van der Waals surface area contributed by atoms with Gasteiger partial charge in [-0.1, -0.05) is 75.4 Å². The van der Waals surface area contributed by atoms with Gasteiger partial charge in [-0.25, -0.2) is 4.79 Å². The molecule has 2 heterocycles. The molecule has 1 aliphatic rings. The Bertz CT molecular complexity index is 1840. The van der Waals surface area contributed by atoms with Crippen LogP contribution < -0.4 is 14.2 Å². The second kappa shape index (κ2) is 10.7. The molecule has 4 aromatic carbocycles. The number of allylic oxidation sites excluding steroid dienone is 1. The molecule has 0 unspecified atom stereocenters. The van der Waals surface area contributed by atoms with Crippen molar-refractivity contribution in [3.63, 3.8) is 0 Å². The Morgan fingerprint density at radius 1 is 0.881 bits per heavy atom. The molecule has 6 heteroatoms. The minimum atomic E-state index is -0.578. The topological polar surface area (TPSA) is 75.0 Å². The zero-order valence-corrected chi connectivity index (χ0v) is 23.9. The molecule has 5 aromatic rings. The average Bonchev–Trinajstić information content (AvgIpc) is 3.46.